The number of carbonyl (C=O) groups excluding carboxylic acids is 2. The van der Waals surface area contributed by atoms with Crippen molar-refractivity contribution in [3.05, 3.63) is 82.7 Å². The molecule has 0 amide bonds. The van der Waals surface area contributed by atoms with E-state index in [1.165, 1.54) is 0 Å². The lowest BCUT2D eigenvalue weighted by Crippen LogP contribution is -2.42. The van der Waals surface area contributed by atoms with Gasteiger partial charge in [-0.25, -0.2) is 0 Å². The zero-order valence-corrected chi connectivity index (χ0v) is 22.3. The number of ether oxygens (including phenoxy) is 1. The number of hydrogen-bond donors (Lipinski definition) is 0. The lowest BCUT2D eigenvalue weighted by Gasteiger charge is -2.46. The summed E-state index contributed by atoms with van der Waals surface area (Å²) in [6.45, 7) is 4.28. The number of methoxy groups -OCH3 is 1. The molecule has 7 rings (SSSR count). The van der Waals surface area contributed by atoms with Crippen molar-refractivity contribution in [2.24, 2.45) is 5.41 Å². The Morgan fingerprint density at radius 3 is 2.49 bits per heavy atom. The van der Waals surface area contributed by atoms with E-state index < -0.39 is 5.92 Å². The van der Waals surface area contributed by atoms with Crippen molar-refractivity contribution in [3.63, 3.8) is 0 Å². The molecule has 4 aromatic rings. The highest BCUT2D eigenvalue weighted by Gasteiger charge is 2.47. The Morgan fingerprint density at radius 1 is 0.923 bits per heavy atom. The largest absolute Gasteiger partial charge is 0.497 e. The second kappa shape index (κ2) is 8.59. The molecule has 196 valence electrons. The highest BCUT2D eigenvalue weighted by Crippen LogP contribution is 2.54. The number of pyridine rings is 1. The highest BCUT2D eigenvalue weighted by molar-refractivity contribution is 6.08. The van der Waals surface area contributed by atoms with E-state index in [-0.39, 0.29) is 17.0 Å². The molecule has 2 aliphatic carbocycles. The molecule has 8 nitrogen and oxygen atoms in total. The number of para-hydroxylation sites is 1. The maximum atomic E-state index is 14.1. The van der Waals surface area contributed by atoms with Gasteiger partial charge in [-0.1, -0.05) is 32.0 Å². The van der Waals surface area contributed by atoms with Gasteiger partial charge >= 0.3 is 0 Å². The van der Waals surface area contributed by atoms with Gasteiger partial charge in [0.15, 0.2) is 17.2 Å². The number of aromatic nitrogens is 4. The van der Waals surface area contributed by atoms with Gasteiger partial charge in [-0.15, -0.1) is 5.10 Å². The Kier molecular flexibility index (Phi) is 5.24. The molecule has 0 bridgehead atoms. The summed E-state index contributed by atoms with van der Waals surface area (Å²) in [6.07, 6.45) is 3.13. The number of carbonyl (C=O) groups is 2. The molecule has 39 heavy (non-hydrogen) atoms. The maximum Gasteiger partial charge on any atom is 0.184 e. The van der Waals surface area contributed by atoms with Crippen LogP contribution in [0.25, 0.3) is 16.6 Å². The van der Waals surface area contributed by atoms with Gasteiger partial charge in [-0.05, 0) is 71.5 Å². The van der Waals surface area contributed by atoms with E-state index >= 15 is 0 Å². The molecule has 0 radical (unpaired) electrons. The van der Waals surface area contributed by atoms with E-state index in [2.05, 4.69) is 40.3 Å². The lowest BCUT2D eigenvalue weighted by atomic mass is 9.66. The summed E-state index contributed by atoms with van der Waals surface area (Å²) in [6, 6.07) is 17.9. The molecule has 0 spiro atoms. The van der Waals surface area contributed by atoms with Gasteiger partial charge in [0.05, 0.1) is 12.6 Å². The summed E-state index contributed by atoms with van der Waals surface area (Å²) in [5, 5.41) is 13.6. The Bertz CT molecular complexity index is 1750. The van der Waals surface area contributed by atoms with Crippen molar-refractivity contribution in [1.29, 1.82) is 0 Å². The summed E-state index contributed by atoms with van der Waals surface area (Å²) in [5.41, 5.74) is 6.32. The molecular weight excluding hydrogens is 490 g/mol. The molecule has 2 aromatic heterocycles. The molecule has 2 aromatic carbocycles. The fourth-order valence-corrected chi connectivity index (χ4v) is 6.67. The van der Waals surface area contributed by atoms with Crippen LogP contribution in [0.4, 0.5) is 5.69 Å². The zero-order valence-electron chi connectivity index (χ0n) is 22.3. The fourth-order valence-electron chi connectivity index (χ4n) is 6.67. The third kappa shape index (κ3) is 3.61. The van der Waals surface area contributed by atoms with Gasteiger partial charge in [0.1, 0.15) is 5.75 Å². The van der Waals surface area contributed by atoms with Crippen LogP contribution in [0.2, 0.25) is 0 Å². The smallest absolute Gasteiger partial charge is 0.184 e. The van der Waals surface area contributed by atoms with Crippen LogP contribution >= 0.6 is 0 Å². The fraction of sp³-hybridized carbons (Fsp3) is 0.323. The molecule has 0 saturated carbocycles. The van der Waals surface area contributed by atoms with Gasteiger partial charge < -0.3 is 9.64 Å². The molecule has 0 N–H and O–H groups in total. The molecule has 3 aliphatic rings. The van der Waals surface area contributed by atoms with Crippen LogP contribution in [0.15, 0.2) is 77.1 Å². The summed E-state index contributed by atoms with van der Waals surface area (Å²) in [7, 11) is 1.65. The standard InChI is InChI=1S/C31H29N5O3/c1-31(2)16-24-29(26(38)17-31)27(21-15-18-7-4-5-8-22(18)36-30(21)32-33-34-36)28-23(9-6-10-25(28)37)35(24)19-11-13-20(39-3)14-12-19/h4-5,7-8,11-15,27H,6,9-10,16-17H2,1-3H3. The average Bonchev–Trinajstić information content (AvgIpc) is 3.42. The molecule has 1 unspecified atom stereocenters. The number of ketones is 2. The summed E-state index contributed by atoms with van der Waals surface area (Å²) in [4.78, 5) is 30.2. The van der Waals surface area contributed by atoms with Gasteiger partial charge in [-0.2, -0.15) is 4.52 Å². The number of allylic oxidation sites excluding steroid dienone is 4. The Balaban J connectivity index is 1.55. The van der Waals surface area contributed by atoms with E-state index in [9.17, 15) is 9.59 Å². The third-order valence-electron chi connectivity index (χ3n) is 8.29. The number of fused-ring (bicyclic) bond motifs is 3. The predicted molar refractivity (Wildman–Crippen MR) is 147 cm³/mol. The first kappa shape index (κ1) is 23.8. The van der Waals surface area contributed by atoms with Crippen molar-refractivity contribution in [1.82, 2.24) is 20.0 Å². The van der Waals surface area contributed by atoms with Gasteiger partial charge in [0.2, 0.25) is 0 Å². The SMILES string of the molecule is COc1ccc(N2C3=C(C(=O)CCC3)C(c3cc4ccccc4n4nnnc34)C3=C2CC(C)(C)CC3=O)cc1. The number of benzene rings is 2. The molecule has 8 heteroatoms. The van der Waals surface area contributed by atoms with E-state index in [4.69, 9.17) is 4.74 Å². The summed E-state index contributed by atoms with van der Waals surface area (Å²) < 4.78 is 7.14. The molecule has 1 aliphatic heterocycles. The minimum atomic E-state index is -0.515. The van der Waals surface area contributed by atoms with Crippen LogP contribution in [0.5, 0.6) is 5.75 Å². The van der Waals surface area contributed by atoms with E-state index in [0.717, 1.165) is 58.6 Å². The number of anilines is 1. The first-order valence-corrected chi connectivity index (χ1v) is 13.4. The zero-order chi connectivity index (χ0) is 26.9. The van der Waals surface area contributed by atoms with E-state index in [1.54, 1.807) is 11.6 Å². The highest BCUT2D eigenvalue weighted by atomic mass is 16.5. The minimum Gasteiger partial charge on any atom is -0.497 e. The second-order valence-corrected chi connectivity index (χ2v) is 11.5. The average molecular weight is 520 g/mol. The molecular formula is C31H29N5O3. The van der Waals surface area contributed by atoms with Crippen molar-refractivity contribution in [2.45, 2.75) is 51.9 Å². The van der Waals surface area contributed by atoms with Gasteiger partial charge in [0, 0.05) is 57.9 Å². The van der Waals surface area contributed by atoms with Crippen LogP contribution < -0.4 is 9.64 Å². The first-order chi connectivity index (χ1) is 18.9. The van der Waals surface area contributed by atoms with Gasteiger partial charge in [0.25, 0.3) is 0 Å². The topological polar surface area (TPSA) is 89.7 Å². The monoisotopic (exact) mass is 519 g/mol. The van der Waals surface area contributed by atoms with Crippen LogP contribution in [-0.2, 0) is 9.59 Å². The minimum absolute atomic E-state index is 0.0773. The molecule has 3 heterocycles. The van der Waals surface area contributed by atoms with Crippen LogP contribution in [0.3, 0.4) is 0 Å². The van der Waals surface area contributed by atoms with Crippen LogP contribution in [-0.4, -0.2) is 38.7 Å². The van der Waals surface area contributed by atoms with Crippen molar-refractivity contribution in [2.75, 3.05) is 12.0 Å². The number of hydrogen-bond acceptors (Lipinski definition) is 7. The number of Topliss-reactive ketones (excluding diaryl/α,β-unsaturated/α-hetero) is 2. The quantitative estimate of drug-likeness (QED) is 0.351. The Morgan fingerprint density at radius 2 is 1.69 bits per heavy atom. The Labute approximate surface area is 225 Å². The normalized spacial score (nSPS) is 21.0. The molecule has 0 saturated heterocycles. The van der Waals surface area contributed by atoms with Crippen LogP contribution in [0, 0.1) is 5.41 Å². The van der Waals surface area contributed by atoms with Crippen molar-refractivity contribution < 1.29 is 14.3 Å². The Hall–Kier alpha value is -4.33. The predicted octanol–water partition coefficient (Wildman–Crippen LogP) is 5.54. The first-order valence-electron chi connectivity index (χ1n) is 13.4. The molecule has 1 atom stereocenters. The second-order valence-electron chi connectivity index (χ2n) is 11.5. The number of rotatable bonds is 3. The van der Waals surface area contributed by atoms with Gasteiger partial charge in [-0.3, -0.25) is 9.59 Å². The number of tetrazole rings is 1. The van der Waals surface area contributed by atoms with E-state index in [0.29, 0.717) is 29.6 Å². The summed E-state index contributed by atoms with van der Waals surface area (Å²) in [5.74, 6) is 0.407. The lowest BCUT2D eigenvalue weighted by molar-refractivity contribution is -0.118. The molecule has 0 fully saturated rings. The third-order valence-corrected chi connectivity index (χ3v) is 8.29. The number of nitrogens with zero attached hydrogens (tertiary/aromatic N) is 5. The van der Waals surface area contributed by atoms with Crippen LogP contribution in [0.1, 0.15) is 57.4 Å². The van der Waals surface area contributed by atoms with Crippen molar-refractivity contribution >= 4 is 33.8 Å². The van der Waals surface area contributed by atoms with E-state index in [1.807, 2.05) is 48.5 Å². The van der Waals surface area contributed by atoms with Crippen molar-refractivity contribution in [3.8, 4) is 5.75 Å². The maximum absolute atomic E-state index is 14.1. The summed E-state index contributed by atoms with van der Waals surface area (Å²) >= 11 is 0.